The molecule has 2 aliphatic carbocycles. The SMILES string of the molecule is CCCCCCCCCCCCCNC(=O)N[C@H]1CN(C(c2ccc(C(=O)N3C[C@@H](C(=O)N[C@H]4C[C@@H]4c4ccccc4)[C@H](C(=O)N[C@H]4C[C@@H]4c4ccccc4)C3)cc2)C(F)(F)F)C[C@@H]1OC. The van der Waals surface area contributed by atoms with Crippen molar-refractivity contribution in [2.75, 3.05) is 39.8 Å². The van der Waals surface area contributed by atoms with Crippen LogP contribution < -0.4 is 21.3 Å². The number of hydrogen-bond acceptors (Lipinski definition) is 6. The number of nitrogens with zero attached hydrogens (tertiary/aromatic N) is 2. The summed E-state index contributed by atoms with van der Waals surface area (Å²) in [6.07, 6.45) is 9.33. The van der Waals surface area contributed by atoms with Crippen LogP contribution >= 0.6 is 0 Å². The zero-order chi connectivity index (χ0) is 46.6. The molecule has 3 aromatic carbocycles. The molecule has 2 saturated heterocycles. The third-order valence-electron chi connectivity index (χ3n) is 14.1. The topological polar surface area (TPSA) is 132 Å². The number of amides is 5. The molecule has 1 unspecified atom stereocenters. The van der Waals surface area contributed by atoms with E-state index in [1.807, 2.05) is 60.7 Å². The lowest BCUT2D eigenvalue weighted by Crippen LogP contribution is -2.48. The summed E-state index contributed by atoms with van der Waals surface area (Å²) >= 11 is 0. The molecule has 4 aliphatic rings. The number of hydrogen-bond donors (Lipinski definition) is 4. The number of halogens is 3. The molecule has 358 valence electrons. The van der Waals surface area contributed by atoms with Crippen molar-refractivity contribution in [1.29, 1.82) is 0 Å². The molecule has 66 heavy (non-hydrogen) atoms. The van der Waals surface area contributed by atoms with E-state index in [1.165, 1.54) is 92.5 Å². The first-order valence-electron chi connectivity index (χ1n) is 24.4. The Morgan fingerprint density at radius 2 is 1.14 bits per heavy atom. The Morgan fingerprint density at radius 1 is 0.636 bits per heavy atom. The molecule has 2 aliphatic heterocycles. The summed E-state index contributed by atoms with van der Waals surface area (Å²) in [6.45, 7) is 2.55. The third kappa shape index (κ3) is 13.1. The van der Waals surface area contributed by atoms with Crippen LogP contribution in [0.4, 0.5) is 18.0 Å². The maximum Gasteiger partial charge on any atom is 0.408 e. The number of nitrogens with one attached hydrogen (secondary N) is 4. The van der Waals surface area contributed by atoms with E-state index in [4.69, 9.17) is 4.74 Å². The van der Waals surface area contributed by atoms with Gasteiger partial charge in [-0.2, -0.15) is 13.2 Å². The molecular formula is C52H69F3N6O5. The second kappa shape index (κ2) is 23.2. The van der Waals surface area contributed by atoms with Gasteiger partial charge < -0.3 is 30.9 Å². The molecule has 7 rings (SSSR count). The first kappa shape index (κ1) is 49.0. The largest absolute Gasteiger partial charge is 0.408 e. The van der Waals surface area contributed by atoms with Crippen LogP contribution in [0.3, 0.4) is 0 Å². The van der Waals surface area contributed by atoms with Gasteiger partial charge in [-0.1, -0.05) is 144 Å². The summed E-state index contributed by atoms with van der Waals surface area (Å²) in [5.41, 5.74) is 2.36. The van der Waals surface area contributed by atoms with Crippen molar-refractivity contribution < 1.29 is 37.1 Å². The number of urea groups is 1. The minimum Gasteiger partial charge on any atom is -0.378 e. The van der Waals surface area contributed by atoms with Crippen LogP contribution in [0.15, 0.2) is 84.9 Å². The van der Waals surface area contributed by atoms with Gasteiger partial charge in [-0.3, -0.25) is 19.3 Å². The van der Waals surface area contributed by atoms with Gasteiger partial charge in [0.1, 0.15) is 6.04 Å². The second-order valence-corrected chi connectivity index (χ2v) is 19.0. The molecule has 4 fully saturated rings. The van der Waals surface area contributed by atoms with Crippen molar-refractivity contribution in [3.63, 3.8) is 0 Å². The van der Waals surface area contributed by atoms with Gasteiger partial charge >= 0.3 is 12.2 Å². The first-order valence-corrected chi connectivity index (χ1v) is 24.4. The number of carbonyl (C=O) groups excluding carboxylic acids is 4. The average molecular weight is 915 g/mol. The van der Waals surface area contributed by atoms with Gasteiger partial charge in [-0.25, -0.2) is 4.79 Å². The van der Waals surface area contributed by atoms with Crippen LogP contribution in [0, 0.1) is 11.8 Å². The highest BCUT2D eigenvalue weighted by molar-refractivity contribution is 5.97. The summed E-state index contributed by atoms with van der Waals surface area (Å²) in [4.78, 5) is 57.4. The Bertz CT molecular complexity index is 1970. The van der Waals surface area contributed by atoms with E-state index in [1.54, 1.807) is 0 Å². The van der Waals surface area contributed by atoms with Gasteiger partial charge in [0.2, 0.25) is 11.8 Å². The Morgan fingerprint density at radius 3 is 1.62 bits per heavy atom. The molecule has 2 heterocycles. The fraction of sp³-hybridized carbons (Fsp3) is 0.577. The number of likely N-dealkylation sites (tertiary alicyclic amines) is 2. The zero-order valence-electron chi connectivity index (χ0n) is 38.6. The van der Waals surface area contributed by atoms with Crippen LogP contribution in [-0.4, -0.2) is 104 Å². The van der Waals surface area contributed by atoms with E-state index in [9.17, 15) is 32.3 Å². The predicted molar refractivity (Wildman–Crippen MR) is 249 cm³/mol. The number of carbonyl (C=O) groups is 4. The monoisotopic (exact) mass is 915 g/mol. The van der Waals surface area contributed by atoms with E-state index in [-0.39, 0.29) is 73.0 Å². The van der Waals surface area contributed by atoms with E-state index >= 15 is 0 Å². The zero-order valence-corrected chi connectivity index (χ0v) is 38.6. The van der Waals surface area contributed by atoms with E-state index in [0.29, 0.717) is 6.54 Å². The standard InChI is InChI=1S/C52H69F3N6O5/c1-3-4-5-6-7-8-9-10-11-12-19-28-56-51(65)59-45-33-60(34-46(45)66-2)47(52(53,54)55)37-24-26-38(27-25-37)50(64)61-31-41(48(62)57-43-29-39(43)35-20-15-13-16-21-35)42(32-61)49(63)58-44-30-40(44)36-22-17-14-18-23-36/h13-18,20-27,39-47H,3-12,19,28-34H2,1-2H3,(H,57,62)(H,58,63)(H2,56,59,65)/t39-,40-,41-,42-,43+,44+,45+,46+,47?/m1/s1. The van der Waals surface area contributed by atoms with Gasteiger partial charge in [0.25, 0.3) is 5.91 Å². The normalized spacial score (nSPS) is 25.3. The molecule has 5 amide bonds. The Hall–Kier alpha value is -4.95. The highest BCUT2D eigenvalue weighted by Gasteiger charge is 2.51. The molecule has 14 heteroatoms. The number of methoxy groups -OCH3 is 1. The van der Waals surface area contributed by atoms with Crippen molar-refractivity contribution in [1.82, 2.24) is 31.1 Å². The van der Waals surface area contributed by atoms with E-state index in [2.05, 4.69) is 28.2 Å². The quantitative estimate of drug-likeness (QED) is 0.0705. The van der Waals surface area contributed by atoms with Crippen molar-refractivity contribution in [3.8, 4) is 0 Å². The van der Waals surface area contributed by atoms with Crippen molar-refractivity contribution >= 4 is 23.8 Å². The molecule has 2 saturated carbocycles. The predicted octanol–water partition coefficient (Wildman–Crippen LogP) is 8.63. The van der Waals surface area contributed by atoms with Gasteiger partial charge in [0.15, 0.2) is 0 Å². The Balaban J connectivity index is 0.931. The highest BCUT2D eigenvalue weighted by Crippen LogP contribution is 2.43. The molecule has 0 spiro atoms. The van der Waals surface area contributed by atoms with Crippen LogP contribution in [0.25, 0.3) is 0 Å². The maximum atomic E-state index is 14.9. The lowest BCUT2D eigenvalue weighted by molar-refractivity contribution is -0.184. The van der Waals surface area contributed by atoms with Gasteiger partial charge in [-0.15, -0.1) is 0 Å². The van der Waals surface area contributed by atoms with Crippen LogP contribution in [0.5, 0.6) is 0 Å². The summed E-state index contributed by atoms with van der Waals surface area (Å²) in [6, 6.07) is 22.0. The van der Waals surface area contributed by atoms with E-state index in [0.717, 1.165) is 43.2 Å². The van der Waals surface area contributed by atoms with Gasteiger partial charge in [-0.05, 0) is 48.1 Å². The fourth-order valence-corrected chi connectivity index (χ4v) is 10.1. The first-order chi connectivity index (χ1) is 31.9. The van der Waals surface area contributed by atoms with Crippen LogP contribution in [0.2, 0.25) is 0 Å². The van der Waals surface area contributed by atoms with Crippen LogP contribution in [0.1, 0.15) is 135 Å². The number of ether oxygens (including phenoxy) is 1. The minimum atomic E-state index is -4.67. The molecular weight excluding hydrogens is 846 g/mol. The third-order valence-corrected chi connectivity index (χ3v) is 14.1. The fourth-order valence-electron chi connectivity index (χ4n) is 10.1. The molecule has 4 N–H and O–H groups in total. The van der Waals surface area contributed by atoms with E-state index < -0.39 is 48.1 Å². The van der Waals surface area contributed by atoms with Crippen molar-refractivity contribution in [3.05, 3.63) is 107 Å². The number of benzene rings is 3. The molecule has 9 atom stereocenters. The number of alkyl halides is 3. The Kier molecular flexibility index (Phi) is 17.2. The van der Waals surface area contributed by atoms with Gasteiger partial charge in [0.05, 0.1) is 24.0 Å². The molecule has 0 radical (unpaired) electrons. The lowest BCUT2D eigenvalue weighted by Gasteiger charge is -2.30. The average Bonchev–Trinajstić information content (AvgIpc) is 4.17. The van der Waals surface area contributed by atoms with Crippen molar-refractivity contribution in [2.45, 2.75) is 139 Å². The maximum absolute atomic E-state index is 14.9. The number of unbranched alkanes of at least 4 members (excludes halogenated alkanes) is 10. The van der Waals surface area contributed by atoms with Crippen molar-refractivity contribution in [2.24, 2.45) is 11.8 Å². The molecule has 11 nitrogen and oxygen atoms in total. The summed E-state index contributed by atoms with van der Waals surface area (Å²) in [5.74, 6) is -2.30. The molecule has 0 aromatic heterocycles. The summed E-state index contributed by atoms with van der Waals surface area (Å²) in [7, 11) is 1.43. The van der Waals surface area contributed by atoms with Gasteiger partial charge in [0, 0.05) is 69.3 Å². The Labute approximate surface area is 388 Å². The minimum absolute atomic E-state index is 0.00135. The smallest absolute Gasteiger partial charge is 0.378 e. The molecule has 0 bridgehead atoms. The number of rotatable bonds is 23. The highest BCUT2D eigenvalue weighted by atomic mass is 19.4. The second-order valence-electron chi connectivity index (χ2n) is 19.0. The lowest BCUT2D eigenvalue weighted by atomic mass is 9.94. The van der Waals surface area contributed by atoms with Crippen LogP contribution in [-0.2, 0) is 14.3 Å². The summed E-state index contributed by atoms with van der Waals surface area (Å²) in [5, 5.41) is 12.0. The molecule has 3 aromatic rings. The summed E-state index contributed by atoms with van der Waals surface area (Å²) < 4.78 is 50.3.